The summed E-state index contributed by atoms with van der Waals surface area (Å²) >= 11 is 0. The molecular formula is C30H33N2O5+. The normalized spacial score (nSPS) is 22.8. The Bertz CT molecular complexity index is 1200. The maximum absolute atomic E-state index is 13.6. The molecule has 6 rings (SSSR count). The van der Waals surface area contributed by atoms with E-state index in [2.05, 4.69) is 5.32 Å². The first-order valence-corrected chi connectivity index (χ1v) is 12.8. The van der Waals surface area contributed by atoms with Crippen LogP contribution >= 0.6 is 0 Å². The van der Waals surface area contributed by atoms with Crippen molar-refractivity contribution < 1.29 is 29.0 Å². The van der Waals surface area contributed by atoms with Crippen LogP contribution in [-0.2, 0) is 26.5 Å². The van der Waals surface area contributed by atoms with Crippen LogP contribution in [0.5, 0.6) is 5.75 Å². The molecule has 0 saturated carbocycles. The van der Waals surface area contributed by atoms with Crippen molar-refractivity contribution in [2.24, 2.45) is 5.92 Å². The average Bonchev–Trinajstić information content (AvgIpc) is 2.93. The summed E-state index contributed by atoms with van der Waals surface area (Å²) in [6, 6.07) is 24.6. The molecule has 3 aromatic carbocycles. The molecule has 3 saturated heterocycles. The van der Waals surface area contributed by atoms with Crippen molar-refractivity contribution in [3.63, 3.8) is 0 Å². The van der Waals surface area contributed by atoms with Gasteiger partial charge in [0, 0.05) is 25.3 Å². The number of benzene rings is 3. The predicted octanol–water partition coefficient (Wildman–Crippen LogP) is 3.10. The molecule has 3 aliphatic heterocycles. The van der Waals surface area contributed by atoms with E-state index >= 15 is 0 Å². The molecule has 3 aliphatic rings. The summed E-state index contributed by atoms with van der Waals surface area (Å²) < 4.78 is 6.65. The van der Waals surface area contributed by atoms with Crippen molar-refractivity contribution >= 4 is 11.9 Å². The Morgan fingerprint density at radius 2 is 1.54 bits per heavy atom. The van der Waals surface area contributed by atoms with Gasteiger partial charge in [0.15, 0.2) is 12.6 Å². The van der Waals surface area contributed by atoms with Crippen LogP contribution in [0.2, 0.25) is 0 Å². The zero-order valence-electron chi connectivity index (χ0n) is 20.8. The van der Waals surface area contributed by atoms with Crippen molar-refractivity contribution in [2.75, 3.05) is 26.2 Å². The summed E-state index contributed by atoms with van der Waals surface area (Å²) in [6.07, 6.45) is 1.37. The Morgan fingerprint density at radius 1 is 0.919 bits per heavy atom. The standard InChI is InChI=1S/C30H32N2O5/c33-26-13-7-8-22(18-26)19-31-28(34)21-32-16-14-23(15-17-32)27(20-32)37-29(35)30(36,24-9-3-1-4-10-24)25-11-5-2-6-12-25/h1-13,18,23,27,36H,14-17,19-21H2,(H-,31,33,34)/p+1. The number of phenolic OH excluding ortho intramolecular Hbond substituents is 1. The first-order chi connectivity index (χ1) is 17.9. The third kappa shape index (κ3) is 5.24. The summed E-state index contributed by atoms with van der Waals surface area (Å²) in [7, 11) is 0. The van der Waals surface area contributed by atoms with E-state index in [-0.39, 0.29) is 23.7 Å². The first-order valence-electron chi connectivity index (χ1n) is 12.8. The summed E-state index contributed by atoms with van der Waals surface area (Å²) in [4.78, 5) is 26.5. The average molecular weight is 502 g/mol. The van der Waals surface area contributed by atoms with E-state index in [1.54, 1.807) is 66.7 Å². The number of aromatic hydroxyl groups is 1. The van der Waals surface area contributed by atoms with Crippen LogP contribution in [0.4, 0.5) is 0 Å². The molecule has 0 aromatic heterocycles. The molecular weight excluding hydrogens is 468 g/mol. The lowest BCUT2D eigenvalue weighted by Gasteiger charge is -2.51. The van der Waals surface area contributed by atoms with Gasteiger partial charge in [0.2, 0.25) is 5.60 Å². The summed E-state index contributed by atoms with van der Waals surface area (Å²) in [6.45, 7) is 2.92. The summed E-state index contributed by atoms with van der Waals surface area (Å²) in [5.74, 6) is -0.369. The minimum Gasteiger partial charge on any atom is -0.508 e. The van der Waals surface area contributed by atoms with Gasteiger partial charge in [-0.05, 0) is 28.8 Å². The van der Waals surface area contributed by atoms with Gasteiger partial charge in [0.25, 0.3) is 5.91 Å². The van der Waals surface area contributed by atoms with E-state index in [1.807, 2.05) is 18.2 Å². The quantitative estimate of drug-likeness (QED) is 0.326. The van der Waals surface area contributed by atoms with Crippen molar-refractivity contribution in [1.29, 1.82) is 0 Å². The summed E-state index contributed by atoms with van der Waals surface area (Å²) in [5, 5.41) is 24.4. The number of nitrogens with zero attached hydrogens (tertiary/aromatic N) is 1. The second kappa shape index (κ2) is 10.4. The van der Waals surface area contributed by atoms with E-state index in [1.165, 1.54) is 0 Å². The minimum absolute atomic E-state index is 0.0705. The summed E-state index contributed by atoms with van der Waals surface area (Å²) in [5.41, 5.74) is -0.165. The molecule has 1 unspecified atom stereocenters. The molecule has 3 N–H and O–H groups in total. The second-order valence-corrected chi connectivity index (χ2v) is 10.3. The first kappa shape index (κ1) is 25.0. The highest BCUT2D eigenvalue weighted by molar-refractivity contribution is 5.85. The van der Waals surface area contributed by atoms with E-state index < -0.39 is 11.6 Å². The molecule has 1 atom stereocenters. The Morgan fingerprint density at radius 3 is 2.14 bits per heavy atom. The number of rotatable bonds is 8. The topological polar surface area (TPSA) is 95.9 Å². The molecule has 7 nitrogen and oxygen atoms in total. The number of amides is 1. The number of phenols is 1. The van der Waals surface area contributed by atoms with Crippen LogP contribution < -0.4 is 5.32 Å². The predicted molar refractivity (Wildman–Crippen MR) is 138 cm³/mol. The number of esters is 1. The minimum atomic E-state index is -1.92. The lowest BCUT2D eigenvalue weighted by molar-refractivity contribution is -0.939. The fourth-order valence-electron chi connectivity index (χ4n) is 5.79. The van der Waals surface area contributed by atoms with Gasteiger partial charge in [-0.25, -0.2) is 4.79 Å². The van der Waals surface area contributed by atoms with Gasteiger partial charge in [-0.2, -0.15) is 0 Å². The largest absolute Gasteiger partial charge is 0.508 e. The van der Waals surface area contributed by atoms with Gasteiger partial charge in [-0.3, -0.25) is 4.79 Å². The van der Waals surface area contributed by atoms with Gasteiger partial charge >= 0.3 is 5.97 Å². The van der Waals surface area contributed by atoms with Crippen LogP contribution in [0.25, 0.3) is 0 Å². The van der Waals surface area contributed by atoms with Crippen molar-refractivity contribution in [3.05, 3.63) is 102 Å². The maximum atomic E-state index is 13.6. The monoisotopic (exact) mass is 501 g/mol. The highest BCUT2D eigenvalue weighted by Crippen LogP contribution is 2.38. The smallest absolute Gasteiger partial charge is 0.348 e. The van der Waals surface area contributed by atoms with Crippen molar-refractivity contribution in [3.8, 4) is 5.75 Å². The number of quaternary nitrogens is 1. The van der Waals surface area contributed by atoms with Gasteiger partial charge in [-0.1, -0.05) is 72.8 Å². The van der Waals surface area contributed by atoms with E-state index in [0.29, 0.717) is 35.2 Å². The van der Waals surface area contributed by atoms with E-state index in [9.17, 15) is 19.8 Å². The van der Waals surface area contributed by atoms with E-state index in [4.69, 9.17) is 4.74 Å². The molecule has 1 amide bonds. The highest BCUT2D eigenvalue weighted by atomic mass is 16.6. The van der Waals surface area contributed by atoms with Gasteiger partial charge in [-0.15, -0.1) is 0 Å². The van der Waals surface area contributed by atoms with Gasteiger partial charge in [0.05, 0.1) is 13.1 Å². The fourth-order valence-corrected chi connectivity index (χ4v) is 5.79. The number of aliphatic hydroxyl groups is 1. The van der Waals surface area contributed by atoms with E-state index in [0.717, 1.165) is 31.5 Å². The molecule has 0 radical (unpaired) electrons. The van der Waals surface area contributed by atoms with Gasteiger partial charge in [0.1, 0.15) is 12.3 Å². The molecule has 0 spiro atoms. The lowest BCUT2D eigenvalue weighted by Crippen LogP contribution is -2.66. The molecule has 3 fully saturated rings. The van der Waals surface area contributed by atoms with Gasteiger partial charge < -0.3 is 24.7 Å². The van der Waals surface area contributed by atoms with Crippen LogP contribution in [-0.4, -0.2) is 58.9 Å². The highest BCUT2D eigenvalue weighted by Gasteiger charge is 2.51. The fraction of sp³-hybridized carbons (Fsp3) is 0.333. The molecule has 3 aromatic rings. The Kier molecular flexibility index (Phi) is 7.00. The zero-order chi connectivity index (χ0) is 25.9. The molecule has 192 valence electrons. The molecule has 37 heavy (non-hydrogen) atoms. The van der Waals surface area contributed by atoms with Crippen LogP contribution in [0.3, 0.4) is 0 Å². The Labute approximate surface area is 216 Å². The number of carbonyl (C=O) groups is 2. The molecule has 3 heterocycles. The third-order valence-electron chi connectivity index (χ3n) is 7.86. The lowest BCUT2D eigenvalue weighted by atomic mass is 9.82. The molecule has 0 aliphatic carbocycles. The second-order valence-electron chi connectivity index (χ2n) is 10.3. The number of carbonyl (C=O) groups excluding carboxylic acids is 2. The third-order valence-corrected chi connectivity index (χ3v) is 7.86. The number of nitrogens with one attached hydrogen (secondary N) is 1. The molecule has 2 bridgehead atoms. The zero-order valence-corrected chi connectivity index (χ0v) is 20.8. The SMILES string of the molecule is O=C(C[N+]12CCC(CC1)C(OC(=O)C(O)(c1ccccc1)c1ccccc1)C2)NCc1cccc(O)c1. The number of fused-ring (bicyclic) bond motifs is 3. The maximum Gasteiger partial charge on any atom is 0.348 e. The number of hydrogen-bond acceptors (Lipinski definition) is 5. The number of ether oxygens (including phenoxy) is 1. The number of hydrogen-bond donors (Lipinski definition) is 3. The van der Waals surface area contributed by atoms with Crippen molar-refractivity contribution in [1.82, 2.24) is 5.32 Å². The van der Waals surface area contributed by atoms with Crippen LogP contribution in [0, 0.1) is 5.92 Å². The molecule has 7 heteroatoms. The van der Waals surface area contributed by atoms with Crippen LogP contribution in [0.1, 0.15) is 29.5 Å². The van der Waals surface area contributed by atoms with Crippen LogP contribution in [0.15, 0.2) is 84.9 Å². The Hall–Kier alpha value is -3.68. The number of piperidine rings is 3. The van der Waals surface area contributed by atoms with Crippen molar-refractivity contribution in [2.45, 2.75) is 31.1 Å². The Balaban J connectivity index is 1.29.